The predicted molar refractivity (Wildman–Crippen MR) is 56.3 cm³/mol. The SMILES string of the molecule is CC(C)c1ccc(OC(C)(C)F)cc1. The summed E-state index contributed by atoms with van der Waals surface area (Å²) in [5.41, 5.74) is 1.23. The monoisotopic (exact) mass is 196 g/mol. The predicted octanol–water partition coefficient (Wildman–Crippen LogP) is 3.89. The van der Waals surface area contributed by atoms with Gasteiger partial charge in [-0.25, -0.2) is 0 Å². The Hall–Kier alpha value is -1.05. The highest BCUT2D eigenvalue weighted by Crippen LogP contribution is 2.22. The van der Waals surface area contributed by atoms with Gasteiger partial charge in [-0.1, -0.05) is 26.0 Å². The lowest BCUT2D eigenvalue weighted by molar-refractivity contribution is -0.0257. The zero-order valence-electron chi connectivity index (χ0n) is 9.17. The summed E-state index contributed by atoms with van der Waals surface area (Å²) in [6.07, 6.45) is 0. The maximum atomic E-state index is 13.1. The Labute approximate surface area is 84.9 Å². The van der Waals surface area contributed by atoms with Crippen LogP contribution in [0, 0.1) is 0 Å². The zero-order valence-corrected chi connectivity index (χ0v) is 9.17. The number of ether oxygens (including phenoxy) is 1. The van der Waals surface area contributed by atoms with Gasteiger partial charge < -0.3 is 4.74 Å². The fraction of sp³-hybridized carbons (Fsp3) is 0.500. The molecule has 0 N–H and O–H groups in total. The summed E-state index contributed by atoms with van der Waals surface area (Å²) in [7, 11) is 0. The molecule has 0 bridgehead atoms. The van der Waals surface area contributed by atoms with Gasteiger partial charge in [-0.2, -0.15) is 4.39 Å². The molecule has 1 nitrogen and oxygen atoms in total. The van der Waals surface area contributed by atoms with Crippen LogP contribution >= 0.6 is 0 Å². The molecule has 14 heavy (non-hydrogen) atoms. The molecular weight excluding hydrogens is 179 g/mol. The third-order valence-corrected chi connectivity index (χ3v) is 1.91. The number of hydrogen-bond acceptors (Lipinski definition) is 1. The summed E-state index contributed by atoms with van der Waals surface area (Å²) >= 11 is 0. The van der Waals surface area contributed by atoms with Crippen molar-refractivity contribution in [1.82, 2.24) is 0 Å². The van der Waals surface area contributed by atoms with Crippen LogP contribution in [0.15, 0.2) is 24.3 Å². The van der Waals surface area contributed by atoms with Crippen molar-refractivity contribution in [3.8, 4) is 5.75 Å². The van der Waals surface area contributed by atoms with Crippen LogP contribution in [-0.4, -0.2) is 5.85 Å². The molecule has 0 aliphatic rings. The molecule has 0 aromatic heterocycles. The Balaban J connectivity index is 2.74. The van der Waals surface area contributed by atoms with E-state index < -0.39 is 5.85 Å². The molecule has 1 aromatic rings. The highest BCUT2D eigenvalue weighted by Gasteiger charge is 2.16. The molecule has 0 spiro atoms. The first-order valence-electron chi connectivity index (χ1n) is 4.86. The quantitative estimate of drug-likeness (QED) is 0.712. The first-order chi connectivity index (χ1) is 6.38. The molecule has 2 heteroatoms. The Morgan fingerprint density at radius 1 is 1.14 bits per heavy atom. The van der Waals surface area contributed by atoms with Crippen molar-refractivity contribution in [2.45, 2.75) is 39.5 Å². The van der Waals surface area contributed by atoms with Crippen molar-refractivity contribution < 1.29 is 9.13 Å². The van der Waals surface area contributed by atoms with Crippen LogP contribution in [0.1, 0.15) is 39.2 Å². The number of alkyl halides is 1. The lowest BCUT2D eigenvalue weighted by Crippen LogP contribution is -2.20. The minimum absolute atomic E-state index is 0.488. The Bertz CT molecular complexity index is 282. The van der Waals surface area contributed by atoms with Crippen LogP contribution < -0.4 is 4.74 Å². The maximum Gasteiger partial charge on any atom is 0.242 e. The van der Waals surface area contributed by atoms with Crippen LogP contribution in [0.2, 0.25) is 0 Å². The standard InChI is InChI=1S/C12H17FO/c1-9(2)10-5-7-11(8-6-10)14-12(3,4)13/h5-9H,1-4H3. The van der Waals surface area contributed by atoms with Crippen molar-refractivity contribution >= 4 is 0 Å². The molecule has 1 aromatic carbocycles. The van der Waals surface area contributed by atoms with E-state index in [2.05, 4.69) is 13.8 Å². The molecule has 0 atom stereocenters. The van der Waals surface area contributed by atoms with Crippen molar-refractivity contribution in [2.75, 3.05) is 0 Å². The maximum absolute atomic E-state index is 13.1. The average molecular weight is 196 g/mol. The molecule has 0 amide bonds. The van der Waals surface area contributed by atoms with Crippen molar-refractivity contribution in [1.29, 1.82) is 0 Å². The molecule has 0 fully saturated rings. The summed E-state index contributed by atoms with van der Waals surface area (Å²) < 4.78 is 18.2. The molecule has 78 valence electrons. The summed E-state index contributed by atoms with van der Waals surface area (Å²) in [5.74, 6) is -0.552. The lowest BCUT2D eigenvalue weighted by atomic mass is 10.0. The van der Waals surface area contributed by atoms with E-state index in [1.54, 1.807) is 12.1 Å². The number of hydrogen-bond donors (Lipinski definition) is 0. The van der Waals surface area contributed by atoms with Crippen molar-refractivity contribution in [3.63, 3.8) is 0 Å². The van der Waals surface area contributed by atoms with Gasteiger partial charge in [0.1, 0.15) is 5.75 Å². The molecule has 0 saturated heterocycles. The molecule has 1 rings (SSSR count). The van der Waals surface area contributed by atoms with Gasteiger partial charge in [0.05, 0.1) is 0 Å². The van der Waals surface area contributed by atoms with Gasteiger partial charge in [-0.15, -0.1) is 0 Å². The van der Waals surface area contributed by atoms with Gasteiger partial charge in [0.25, 0.3) is 0 Å². The average Bonchev–Trinajstić information content (AvgIpc) is 2.02. The van der Waals surface area contributed by atoms with Gasteiger partial charge in [0, 0.05) is 13.8 Å². The van der Waals surface area contributed by atoms with E-state index in [-0.39, 0.29) is 0 Å². The molecule has 0 aliphatic carbocycles. The second-order valence-electron chi connectivity index (χ2n) is 4.19. The summed E-state index contributed by atoms with van der Waals surface area (Å²) in [6, 6.07) is 7.53. The second kappa shape index (κ2) is 3.99. The number of halogens is 1. The Morgan fingerprint density at radius 2 is 1.64 bits per heavy atom. The Kier molecular flexibility index (Phi) is 3.14. The fourth-order valence-electron chi connectivity index (χ4n) is 1.20. The van der Waals surface area contributed by atoms with E-state index in [9.17, 15) is 4.39 Å². The smallest absolute Gasteiger partial charge is 0.242 e. The van der Waals surface area contributed by atoms with Crippen LogP contribution in [0.3, 0.4) is 0 Å². The minimum atomic E-state index is -1.61. The van der Waals surface area contributed by atoms with Gasteiger partial charge >= 0.3 is 0 Å². The van der Waals surface area contributed by atoms with Crippen LogP contribution in [0.25, 0.3) is 0 Å². The van der Waals surface area contributed by atoms with E-state index in [1.807, 2.05) is 12.1 Å². The van der Waals surface area contributed by atoms with E-state index in [0.717, 1.165) is 0 Å². The topological polar surface area (TPSA) is 9.23 Å². The van der Waals surface area contributed by atoms with Gasteiger partial charge in [-0.3, -0.25) is 0 Å². The van der Waals surface area contributed by atoms with E-state index in [1.165, 1.54) is 19.4 Å². The van der Waals surface area contributed by atoms with Gasteiger partial charge in [0.2, 0.25) is 5.85 Å². The van der Waals surface area contributed by atoms with Crippen molar-refractivity contribution in [2.24, 2.45) is 0 Å². The third-order valence-electron chi connectivity index (χ3n) is 1.91. The molecule has 0 radical (unpaired) electrons. The highest BCUT2D eigenvalue weighted by atomic mass is 19.2. The summed E-state index contributed by atoms with van der Waals surface area (Å²) in [6.45, 7) is 7.02. The number of benzene rings is 1. The fourth-order valence-corrected chi connectivity index (χ4v) is 1.20. The zero-order chi connectivity index (χ0) is 10.8. The molecule has 0 unspecified atom stereocenters. The van der Waals surface area contributed by atoms with Crippen molar-refractivity contribution in [3.05, 3.63) is 29.8 Å². The molecular formula is C12H17FO. The molecule has 0 aliphatic heterocycles. The van der Waals surface area contributed by atoms with E-state index >= 15 is 0 Å². The first kappa shape index (κ1) is 11.0. The van der Waals surface area contributed by atoms with E-state index in [4.69, 9.17) is 4.74 Å². The van der Waals surface area contributed by atoms with Crippen LogP contribution in [0.4, 0.5) is 4.39 Å². The third kappa shape index (κ3) is 3.36. The largest absolute Gasteiger partial charge is 0.459 e. The molecule has 0 saturated carbocycles. The normalized spacial score (nSPS) is 11.9. The molecule has 0 heterocycles. The Morgan fingerprint density at radius 3 is 2.00 bits per heavy atom. The minimum Gasteiger partial charge on any atom is -0.459 e. The van der Waals surface area contributed by atoms with Gasteiger partial charge in [0.15, 0.2) is 0 Å². The first-order valence-corrected chi connectivity index (χ1v) is 4.86. The van der Waals surface area contributed by atoms with Gasteiger partial charge in [-0.05, 0) is 23.6 Å². The second-order valence-corrected chi connectivity index (χ2v) is 4.19. The highest BCUT2D eigenvalue weighted by molar-refractivity contribution is 5.29. The lowest BCUT2D eigenvalue weighted by Gasteiger charge is -2.17. The van der Waals surface area contributed by atoms with Crippen LogP contribution in [-0.2, 0) is 0 Å². The van der Waals surface area contributed by atoms with E-state index in [0.29, 0.717) is 11.7 Å². The number of rotatable bonds is 3. The summed E-state index contributed by atoms with van der Waals surface area (Å²) in [4.78, 5) is 0. The van der Waals surface area contributed by atoms with Crippen LogP contribution in [0.5, 0.6) is 5.75 Å². The summed E-state index contributed by atoms with van der Waals surface area (Å²) in [5, 5.41) is 0.